The van der Waals surface area contributed by atoms with E-state index in [0.717, 1.165) is 4.57 Å². The Balaban J connectivity index is 2.10. The molecule has 0 spiro atoms. The predicted octanol–water partition coefficient (Wildman–Crippen LogP) is 1.64. The first-order chi connectivity index (χ1) is 19.4. The zero-order valence-corrected chi connectivity index (χ0v) is 22.0. The fourth-order valence-corrected chi connectivity index (χ4v) is 5.96. The molecule has 0 radical (unpaired) electrons. The van der Waals surface area contributed by atoms with Gasteiger partial charge in [0.15, 0.2) is 5.72 Å². The molecule has 1 aliphatic rings. The van der Waals surface area contributed by atoms with E-state index < -0.39 is 41.7 Å². The fourth-order valence-electron chi connectivity index (χ4n) is 5.96. The van der Waals surface area contributed by atoms with Crippen molar-refractivity contribution in [2.75, 3.05) is 26.6 Å². The van der Waals surface area contributed by atoms with E-state index in [2.05, 4.69) is 4.98 Å². The molecule has 10 heteroatoms. The van der Waals surface area contributed by atoms with Gasteiger partial charge in [0.1, 0.15) is 41.0 Å². The molecule has 208 valence electrons. The Morgan fingerprint density at radius 3 is 1.98 bits per heavy atom. The lowest BCUT2D eigenvalue weighted by Crippen LogP contribution is -2.64. The molecule has 3 aromatic carbocycles. The maximum absolute atomic E-state index is 13.7. The first-order valence-electron chi connectivity index (χ1n) is 12.7. The number of ether oxygens (including phenoxy) is 3. The molecule has 10 nitrogen and oxygen atoms in total. The van der Waals surface area contributed by atoms with Gasteiger partial charge >= 0.3 is 5.69 Å². The van der Waals surface area contributed by atoms with Crippen LogP contribution in [0.15, 0.2) is 95.9 Å². The zero-order valence-electron chi connectivity index (χ0n) is 22.0. The normalized spacial score (nSPS) is 22.7. The zero-order chi connectivity index (χ0) is 28.5. The van der Waals surface area contributed by atoms with Crippen LogP contribution < -0.4 is 20.9 Å². The minimum Gasteiger partial charge on any atom is -0.496 e. The smallest absolute Gasteiger partial charge is 0.351 e. The first-order valence-corrected chi connectivity index (χ1v) is 12.7. The van der Waals surface area contributed by atoms with Gasteiger partial charge in [-0.2, -0.15) is 4.98 Å². The second-order valence-corrected chi connectivity index (χ2v) is 9.49. The summed E-state index contributed by atoms with van der Waals surface area (Å²) in [6, 6.07) is 24.8. The molecular formula is C30H31N3O7. The average molecular weight is 546 g/mol. The van der Waals surface area contributed by atoms with Crippen LogP contribution in [0.4, 0.5) is 5.82 Å². The number of para-hydroxylation sites is 2. The Morgan fingerprint density at radius 2 is 1.48 bits per heavy atom. The van der Waals surface area contributed by atoms with Gasteiger partial charge in [-0.05, 0) is 23.8 Å². The van der Waals surface area contributed by atoms with Crippen molar-refractivity contribution in [2.45, 2.75) is 29.5 Å². The van der Waals surface area contributed by atoms with Crippen molar-refractivity contribution in [3.8, 4) is 11.5 Å². The van der Waals surface area contributed by atoms with E-state index in [1.807, 2.05) is 30.3 Å². The third kappa shape index (κ3) is 3.88. The molecule has 5 N–H and O–H groups in total. The summed E-state index contributed by atoms with van der Waals surface area (Å²) in [6.07, 6.45) is -3.28. The molecule has 0 saturated carbocycles. The second-order valence-electron chi connectivity index (χ2n) is 9.49. The highest BCUT2D eigenvalue weighted by molar-refractivity contribution is 5.62. The van der Waals surface area contributed by atoms with Crippen LogP contribution in [0.25, 0.3) is 0 Å². The van der Waals surface area contributed by atoms with Gasteiger partial charge in [-0.3, -0.25) is 4.57 Å². The van der Waals surface area contributed by atoms with Gasteiger partial charge in [0.05, 0.1) is 20.8 Å². The third-order valence-corrected chi connectivity index (χ3v) is 7.57. The first kappa shape index (κ1) is 27.4. The lowest BCUT2D eigenvalue weighted by Gasteiger charge is -2.51. The van der Waals surface area contributed by atoms with Crippen molar-refractivity contribution in [3.63, 3.8) is 0 Å². The van der Waals surface area contributed by atoms with Crippen molar-refractivity contribution in [3.05, 3.63) is 118 Å². The van der Waals surface area contributed by atoms with Gasteiger partial charge in [-0.1, -0.05) is 66.7 Å². The van der Waals surface area contributed by atoms with E-state index in [1.165, 1.54) is 26.5 Å². The van der Waals surface area contributed by atoms with Gasteiger partial charge in [0.25, 0.3) is 0 Å². The summed E-state index contributed by atoms with van der Waals surface area (Å²) in [5.41, 5.74) is 2.76. The van der Waals surface area contributed by atoms with Crippen LogP contribution in [-0.4, -0.2) is 64.0 Å². The summed E-state index contributed by atoms with van der Waals surface area (Å²) in [7, 11) is 3.02. The maximum atomic E-state index is 13.7. The van der Waals surface area contributed by atoms with Crippen molar-refractivity contribution in [1.29, 1.82) is 0 Å². The van der Waals surface area contributed by atoms with Crippen LogP contribution >= 0.6 is 0 Å². The largest absolute Gasteiger partial charge is 0.496 e. The molecule has 4 aromatic rings. The van der Waals surface area contributed by atoms with Crippen molar-refractivity contribution >= 4 is 5.82 Å². The van der Waals surface area contributed by atoms with Crippen molar-refractivity contribution < 1.29 is 29.5 Å². The molecule has 1 saturated heterocycles. The highest BCUT2D eigenvalue weighted by atomic mass is 16.6. The number of hydrogen-bond acceptors (Lipinski definition) is 9. The van der Waals surface area contributed by atoms with Gasteiger partial charge in [0.2, 0.25) is 0 Å². The minimum atomic E-state index is -2.15. The van der Waals surface area contributed by atoms with E-state index in [1.54, 1.807) is 48.5 Å². The van der Waals surface area contributed by atoms with Crippen LogP contribution in [0, 0.1) is 0 Å². The van der Waals surface area contributed by atoms with E-state index in [0.29, 0.717) is 28.2 Å². The van der Waals surface area contributed by atoms with Crippen LogP contribution in [-0.2, 0) is 15.9 Å². The van der Waals surface area contributed by atoms with Gasteiger partial charge in [-0.25, -0.2) is 4.79 Å². The van der Waals surface area contributed by atoms with Gasteiger partial charge in [0, 0.05) is 17.3 Å². The molecule has 2 heterocycles. The average Bonchev–Trinajstić information content (AvgIpc) is 3.24. The summed E-state index contributed by atoms with van der Waals surface area (Å²) in [5.74, 6) is 0.777. The molecule has 40 heavy (non-hydrogen) atoms. The van der Waals surface area contributed by atoms with E-state index in [-0.39, 0.29) is 5.82 Å². The molecular weight excluding hydrogens is 514 g/mol. The number of methoxy groups -OCH3 is 2. The molecule has 1 aromatic heterocycles. The Morgan fingerprint density at radius 1 is 0.925 bits per heavy atom. The number of rotatable bonds is 8. The number of aliphatic hydroxyl groups excluding tert-OH is 3. The standard InChI is InChI=1S/C30H31N3O7/c1-38-22-14-8-6-12-20(22)29(19-10-4-3-5-11-19,21-13-7-9-15-23(21)39-2)30(27(36)26(35)24(18-34)40-30)33-17-16-25(31)32-28(33)37/h3-17,24,26-27,34-36H,18H2,1-2H3,(H2,31,32,37)/t24-,26-,27-,30+/m1/s1. The monoisotopic (exact) mass is 545 g/mol. The van der Waals surface area contributed by atoms with Crippen LogP contribution in [0.5, 0.6) is 11.5 Å². The SMILES string of the molecule is COc1ccccc1C(c1ccccc1)(c1ccccc1OC)[C@@]1(n2ccc(N)nc2=O)O[C@H](CO)[C@@H](O)[C@H]1O. The van der Waals surface area contributed by atoms with Crippen molar-refractivity contribution in [2.24, 2.45) is 0 Å². The highest BCUT2D eigenvalue weighted by Gasteiger charge is 2.69. The molecule has 0 unspecified atom stereocenters. The Labute approximate surface area is 230 Å². The molecule has 1 aliphatic heterocycles. The van der Waals surface area contributed by atoms with E-state index in [4.69, 9.17) is 19.9 Å². The maximum Gasteiger partial charge on any atom is 0.351 e. The summed E-state index contributed by atoms with van der Waals surface area (Å²) < 4.78 is 19.4. The number of aromatic nitrogens is 2. The van der Waals surface area contributed by atoms with E-state index in [9.17, 15) is 20.1 Å². The topological polar surface area (TPSA) is 149 Å². The van der Waals surface area contributed by atoms with Crippen LogP contribution in [0.3, 0.4) is 0 Å². The molecule has 0 aliphatic carbocycles. The summed E-state index contributed by atoms with van der Waals surface area (Å²) >= 11 is 0. The summed E-state index contributed by atoms with van der Waals surface area (Å²) in [4.78, 5) is 17.6. The number of nitrogen functional groups attached to an aromatic ring is 1. The Bertz CT molecular complexity index is 1500. The summed E-state index contributed by atoms with van der Waals surface area (Å²) in [5, 5.41) is 33.7. The molecule has 5 rings (SSSR count). The number of nitrogens with two attached hydrogens (primary N) is 1. The minimum absolute atomic E-state index is 0.0389. The number of benzene rings is 3. The molecule has 4 atom stereocenters. The van der Waals surface area contributed by atoms with E-state index >= 15 is 0 Å². The lowest BCUT2D eigenvalue weighted by atomic mass is 9.60. The number of hydrogen-bond donors (Lipinski definition) is 4. The predicted molar refractivity (Wildman–Crippen MR) is 147 cm³/mol. The quantitative estimate of drug-likeness (QED) is 0.242. The van der Waals surface area contributed by atoms with Crippen molar-refractivity contribution in [1.82, 2.24) is 9.55 Å². The summed E-state index contributed by atoms with van der Waals surface area (Å²) in [6.45, 7) is -0.639. The number of anilines is 1. The molecule has 0 bridgehead atoms. The lowest BCUT2D eigenvalue weighted by molar-refractivity contribution is -0.180. The number of nitrogens with zero attached hydrogens (tertiary/aromatic N) is 2. The van der Waals surface area contributed by atoms with Crippen LogP contribution in [0.2, 0.25) is 0 Å². The fraction of sp³-hybridized carbons (Fsp3) is 0.267. The second kappa shape index (κ2) is 10.7. The Hall–Kier alpha value is -4.22. The highest BCUT2D eigenvalue weighted by Crippen LogP contribution is 2.59. The molecule has 0 amide bonds. The third-order valence-electron chi connectivity index (χ3n) is 7.57. The Kier molecular flexibility index (Phi) is 7.35. The van der Waals surface area contributed by atoms with Gasteiger partial charge in [-0.15, -0.1) is 0 Å². The number of aliphatic hydroxyl groups is 3. The van der Waals surface area contributed by atoms with Crippen LogP contribution in [0.1, 0.15) is 16.7 Å². The van der Waals surface area contributed by atoms with Gasteiger partial charge < -0.3 is 35.3 Å². The molecule has 1 fully saturated rings.